The molecule has 1 aliphatic heterocycles. The van der Waals surface area contributed by atoms with E-state index in [4.69, 9.17) is 0 Å². The molecule has 4 nitrogen and oxygen atoms in total. The molecular formula is C15H22N2O2. The molecule has 1 heterocycles. The molecule has 1 saturated heterocycles. The van der Waals surface area contributed by atoms with Gasteiger partial charge in [-0.3, -0.25) is 4.79 Å². The molecule has 4 heteroatoms. The number of nitrogens with one attached hydrogen (secondary N) is 1. The van der Waals surface area contributed by atoms with E-state index in [2.05, 4.69) is 12.2 Å². The first-order valence-corrected chi connectivity index (χ1v) is 6.86. The topological polar surface area (TPSA) is 52.6 Å². The molecule has 1 unspecified atom stereocenters. The molecule has 0 aromatic heterocycles. The minimum absolute atomic E-state index is 0.167. The number of hydrogen-bond acceptors (Lipinski definition) is 3. The fraction of sp³-hybridized carbons (Fsp3) is 0.533. The Kier molecular flexibility index (Phi) is 4.10. The maximum absolute atomic E-state index is 12.6. The average molecular weight is 262 g/mol. The van der Waals surface area contributed by atoms with Crippen molar-refractivity contribution >= 4 is 5.91 Å². The first kappa shape index (κ1) is 13.9. The van der Waals surface area contributed by atoms with Crippen LogP contribution in [-0.4, -0.2) is 35.0 Å². The molecule has 2 N–H and O–H groups in total. The van der Waals surface area contributed by atoms with Gasteiger partial charge in [0, 0.05) is 13.6 Å². The second kappa shape index (κ2) is 5.61. The van der Waals surface area contributed by atoms with Crippen LogP contribution >= 0.6 is 0 Å². The van der Waals surface area contributed by atoms with Crippen LogP contribution in [0.25, 0.3) is 0 Å². The quantitative estimate of drug-likeness (QED) is 0.871. The Morgan fingerprint density at radius 2 is 2.11 bits per heavy atom. The molecule has 1 aromatic rings. The van der Waals surface area contributed by atoms with Crippen molar-refractivity contribution in [3.8, 4) is 5.75 Å². The molecule has 0 aliphatic carbocycles. The summed E-state index contributed by atoms with van der Waals surface area (Å²) < 4.78 is 0. The van der Waals surface area contributed by atoms with Crippen LogP contribution in [0.1, 0.15) is 31.7 Å². The van der Waals surface area contributed by atoms with Crippen LogP contribution in [0.15, 0.2) is 24.3 Å². The predicted molar refractivity (Wildman–Crippen MR) is 74.8 cm³/mol. The molecule has 1 aliphatic rings. The Hall–Kier alpha value is -1.55. The number of carbonyl (C=O) groups is 1. The van der Waals surface area contributed by atoms with E-state index in [9.17, 15) is 9.90 Å². The smallest absolute Gasteiger partial charge is 0.242 e. The van der Waals surface area contributed by atoms with Gasteiger partial charge in [0.05, 0.1) is 5.54 Å². The molecular weight excluding hydrogens is 240 g/mol. The van der Waals surface area contributed by atoms with Gasteiger partial charge >= 0.3 is 0 Å². The van der Waals surface area contributed by atoms with Crippen molar-refractivity contribution in [1.82, 2.24) is 10.2 Å². The maximum Gasteiger partial charge on any atom is 0.242 e. The van der Waals surface area contributed by atoms with Crippen molar-refractivity contribution in [3.05, 3.63) is 29.8 Å². The molecule has 1 aromatic carbocycles. The minimum Gasteiger partial charge on any atom is -0.508 e. The van der Waals surface area contributed by atoms with Gasteiger partial charge in [0.1, 0.15) is 5.75 Å². The number of carbonyl (C=O) groups excluding carboxylic acids is 1. The number of nitrogens with zero attached hydrogens (tertiary/aromatic N) is 1. The normalized spacial score (nSPS) is 22.4. The summed E-state index contributed by atoms with van der Waals surface area (Å²) in [5.41, 5.74) is 0.656. The van der Waals surface area contributed by atoms with Gasteiger partial charge < -0.3 is 15.3 Å². The first-order valence-electron chi connectivity index (χ1n) is 6.86. The highest BCUT2D eigenvalue weighted by atomic mass is 16.3. The van der Waals surface area contributed by atoms with E-state index in [-0.39, 0.29) is 17.2 Å². The molecule has 1 fully saturated rings. The standard InChI is InChI=1S/C15H22N2O2/c1-3-15(9-4-10-16-15)14(19)17(2)11-12-5-7-13(18)8-6-12/h5-8,16,18H,3-4,9-11H2,1-2H3. The Balaban J connectivity index is 2.04. The molecule has 0 bridgehead atoms. The second-order valence-corrected chi connectivity index (χ2v) is 5.29. The molecule has 1 amide bonds. The van der Waals surface area contributed by atoms with Crippen LogP contribution in [0.5, 0.6) is 5.75 Å². The van der Waals surface area contributed by atoms with Crippen LogP contribution in [0, 0.1) is 0 Å². The average Bonchev–Trinajstić information content (AvgIpc) is 2.90. The summed E-state index contributed by atoms with van der Waals surface area (Å²) >= 11 is 0. The van der Waals surface area contributed by atoms with Gasteiger partial charge in [-0.15, -0.1) is 0 Å². The van der Waals surface area contributed by atoms with Crippen LogP contribution < -0.4 is 5.32 Å². The minimum atomic E-state index is -0.369. The third-order valence-electron chi connectivity index (χ3n) is 3.96. The second-order valence-electron chi connectivity index (χ2n) is 5.29. The van der Waals surface area contributed by atoms with E-state index in [0.29, 0.717) is 6.54 Å². The largest absolute Gasteiger partial charge is 0.508 e. The highest BCUT2D eigenvalue weighted by molar-refractivity contribution is 5.86. The molecule has 19 heavy (non-hydrogen) atoms. The summed E-state index contributed by atoms with van der Waals surface area (Å²) in [7, 11) is 1.84. The Labute approximate surface area is 114 Å². The van der Waals surface area contributed by atoms with Gasteiger partial charge in [-0.2, -0.15) is 0 Å². The fourth-order valence-electron chi connectivity index (χ4n) is 2.75. The van der Waals surface area contributed by atoms with Crippen LogP contribution in [0.3, 0.4) is 0 Å². The lowest BCUT2D eigenvalue weighted by Gasteiger charge is -2.31. The molecule has 2 rings (SSSR count). The van der Waals surface area contributed by atoms with Crippen molar-refractivity contribution in [2.24, 2.45) is 0 Å². The highest BCUT2D eigenvalue weighted by Crippen LogP contribution is 2.25. The zero-order valence-electron chi connectivity index (χ0n) is 11.6. The lowest BCUT2D eigenvalue weighted by Crippen LogP contribution is -2.53. The van der Waals surface area contributed by atoms with Gasteiger partial charge in [-0.25, -0.2) is 0 Å². The number of amides is 1. The van der Waals surface area contributed by atoms with Gasteiger partial charge in [0.2, 0.25) is 5.91 Å². The SMILES string of the molecule is CCC1(C(=O)N(C)Cc2ccc(O)cc2)CCCN1. The molecule has 104 valence electrons. The lowest BCUT2D eigenvalue weighted by atomic mass is 9.92. The number of hydrogen-bond donors (Lipinski definition) is 2. The van der Waals surface area contributed by atoms with Gasteiger partial charge in [-0.1, -0.05) is 19.1 Å². The van der Waals surface area contributed by atoms with Gasteiger partial charge in [0.25, 0.3) is 0 Å². The summed E-state index contributed by atoms with van der Waals surface area (Å²) in [6.45, 7) is 3.56. The molecule has 1 atom stereocenters. The van der Waals surface area contributed by atoms with Gasteiger partial charge in [-0.05, 0) is 43.5 Å². The third kappa shape index (κ3) is 2.89. The van der Waals surface area contributed by atoms with Crippen molar-refractivity contribution in [2.45, 2.75) is 38.3 Å². The number of phenolic OH excluding ortho intramolecular Hbond substituents is 1. The molecule has 0 radical (unpaired) electrons. The summed E-state index contributed by atoms with van der Waals surface area (Å²) in [6.07, 6.45) is 2.81. The van der Waals surface area contributed by atoms with E-state index in [0.717, 1.165) is 31.4 Å². The first-order chi connectivity index (χ1) is 9.07. The number of aromatic hydroxyl groups is 1. The Morgan fingerprint density at radius 1 is 1.42 bits per heavy atom. The van der Waals surface area contributed by atoms with E-state index in [1.165, 1.54) is 0 Å². The van der Waals surface area contributed by atoms with Crippen molar-refractivity contribution in [1.29, 1.82) is 0 Å². The van der Waals surface area contributed by atoms with E-state index in [1.807, 2.05) is 19.2 Å². The maximum atomic E-state index is 12.6. The number of phenols is 1. The zero-order valence-corrected chi connectivity index (χ0v) is 11.6. The number of benzene rings is 1. The highest BCUT2D eigenvalue weighted by Gasteiger charge is 2.40. The van der Waals surface area contributed by atoms with Crippen LogP contribution in [0.4, 0.5) is 0 Å². The summed E-state index contributed by atoms with van der Waals surface area (Å²) in [6, 6.07) is 6.99. The molecule has 0 spiro atoms. The van der Waals surface area contributed by atoms with Crippen molar-refractivity contribution in [3.63, 3.8) is 0 Å². The number of likely N-dealkylation sites (N-methyl/N-ethyl adjacent to an activating group) is 1. The number of rotatable bonds is 4. The molecule has 0 saturated carbocycles. The van der Waals surface area contributed by atoms with Crippen molar-refractivity contribution < 1.29 is 9.90 Å². The fourth-order valence-corrected chi connectivity index (χ4v) is 2.75. The summed E-state index contributed by atoms with van der Waals surface area (Å²) in [4.78, 5) is 14.4. The van der Waals surface area contributed by atoms with Gasteiger partial charge in [0.15, 0.2) is 0 Å². The predicted octanol–water partition coefficient (Wildman–Crippen LogP) is 1.88. The summed E-state index contributed by atoms with van der Waals surface area (Å²) in [5.74, 6) is 0.417. The van der Waals surface area contributed by atoms with Crippen molar-refractivity contribution in [2.75, 3.05) is 13.6 Å². The van der Waals surface area contributed by atoms with Crippen LogP contribution in [-0.2, 0) is 11.3 Å². The van der Waals surface area contributed by atoms with E-state index >= 15 is 0 Å². The van der Waals surface area contributed by atoms with E-state index in [1.54, 1.807) is 17.0 Å². The lowest BCUT2D eigenvalue weighted by molar-refractivity contribution is -0.137. The van der Waals surface area contributed by atoms with Crippen LogP contribution in [0.2, 0.25) is 0 Å². The monoisotopic (exact) mass is 262 g/mol. The third-order valence-corrected chi connectivity index (χ3v) is 3.96. The van der Waals surface area contributed by atoms with E-state index < -0.39 is 0 Å². The Bertz CT molecular complexity index is 436. The summed E-state index contributed by atoms with van der Waals surface area (Å²) in [5, 5.41) is 12.6. The Morgan fingerprint density at radius 3 is 2.63 bits per heavy atom. The zero-order chi connectivity index (χ0) is 13.9.